The summed E-state index contributed by atoms with van der Waals surface area (Å²) < 4.78 is 47.8. The van der Waals surface area contributed by atoms with Gasteiger partial charge in [0.05, 0.1) is 12.5 Å². The van der Waals surface area contributed by atoms with Gasteiger partial charge >= 0.3 is 10.4 Å². The third-order valence-electron chi connectivity index (χ3n) is 5.15. The van der Waals surface area contributed by atoms with E-state index in [1.807, 2.05) is 19.9 Å². The van der Waals surface area contributed by atoms with Gasteiger partial charge in [-0.1, -0.05) is 23.3 Å². The fourth-order valence-corrected chi connectivity index (χ4v) is 4.01. The largest absolute Gasteiger partial charge is 0.507 e. The quantitative estimate of drug-likeness (QED) is 0.246. The van der Waals surface area contributed by atoms with Gasteiger partial charge in [-0.2, -0.15) is 8.42 Å². The monoisotopic (exact) mass is 490 g/mol. The molecule has 0 unspecified atom stereocenters. The van der Waals surface area contributed by atoms with Gasteiger partial charge in [0.25, 0.3) is 0 Å². The number of benzene rings is 2. The first-order chi connectivity index (χ1) is 15.8. The Bertz CT molecular complexity index is 1500. The van der Waals surface area contributed by atoms with Crippen molar-refractivity contribution >= 4 is 32.3 Å². The molecule has 1 aromatic heterocycles. The molecular formula is C24H26O9S. The number of hydrogen-bond acceptors (Lipinski definition) is 8. The lowest BCUT2D eigenvalue weighted by molar-refractivity contribution is 0.370. The first-order valence-corrected chi connectivity index (χ1v) is 11.7. The molecule has 0 spiro atoms. The Morgan fingerprint density at radius 2 is 1.53 bits per heavy atom. The van der Waals surface area contributed by atoms with Crippen molar-refractivity contribution in [2.24, 2.45) is 0 Å². The zero-order chi connectivity index (χ0) is 25.4. The zero-order valence-corrected chi connectivity index (χ0v) is 20.2. The van der Waals surface area contributed by atoms with Gasteiger partial charge in [0.1, 0.15) is 22.3 Å². The Labute approximate surface area is 196 Å². The van der Waals surface area contributed by atoms with Gasteiger partial charge in [0, 0.05) is 23.3 Å². The van der Waals surface area contributed by atoms with Crippen LogP contribution in [0.4, 0.5) is 0 Å². The van der Waals surface area contributed by atoms with Gasteiger partial charge in [-0.05, 0) is 40.5 Å². The fourth-order valence-electron chi connectivity index (χ4n) is 3.63. The van der Waals surface area contributed by atoms with Gasteiger partial charge in [0.2, 0.25) is 5.43 Å². The minimum Gasteiger partial charge on any atom is -0.507 e. The van der Waals surface area contributed by atoms with E-state index in [1.165, 1.54) is 13.2 Å². The van der Waals surface area contributed by atoms with E-state index >= 15 is 0 Å². The normalized spacial score (nSPS) is 11.5. The summed E-state index contributed by atoms with van der Waals surface area (Å²) in [6.07, 6.45) is 3.82. The van der Waals surface area contributed by atoms with E-state index in [0.29, 0.717) is 5.56 Å². The third-order valence-corrected chi connectivity index (χ3v) is 5.54. The highest BCUT2D eigenvalue weighted by atomic mass is 32.3. The van der Waals surface area contributed by atoms with Crippen LogP contribution in [0.15, 0.2) is 44.6 Å². The molecule has 3 aromatic rings. The van der Waals surface area contributed by atoms with Crippen molar-refractivity contribution in [3.63, 3.8) is 0 Å². The van der Waals surface area contributed by atoms with Gasteiger partial charge in [-0.25, -0.2) is 0 Å². The summed E-state index contributed by atoms with van der Waals surface area (Å²) >= 11 is 0. The van der Waals surface area contributed by atoms with E-state index in [4.69, 9.17) is 9.15 Å². The number of phenols is 2. The Kier molecular flexibility index (Phi) is 6.94. The molecule has 0 aliphatic carbocycles. The maximum atomic E-state index is 13.6. The van der Waals surface area contributed by atoms with E-state index in [9.17, 15) is 28.0 Å². The van der Waals surface area contributed by atoms with Crippen LogP contribution in [-0.2, 0) is 23.2 Å². The molecule has 0 saturated heterocycles. The number of aromatic hydroxyl groups is 2. The molecule has 2 aromatic carbocycles. The molecule has 1 heterocycles. The Morgan fingerprint density at radius 1 is 0.971 bits per heavy atom. The summed E-state index contributed by atoms with van der Waals surface area (Å²) in [5.74, 6) is -1.08. The van der Waals surface area contributed by atoms with Crippen LogP contribution in [0.2, 0.25) is 0 Å². The molecule has 0 fully saturated rings. The molecule has 0 saturated carbocycles. The molecule has 34 heavy (non-hydrogen) atoms. The van der Waals surface area contributed by atoms with E-state index < -0.39 is 27.3 Å². The molecule has 0 radical (unpaired) electrons. The van der Waals surface area contributed by atoms with Crippen molar-refractivity contribution < 1.29 is 36.5 Å². The van der Waals surface area contributed by atoms with Crippen LogP contribution in [0.25, 0.3) is 21.9 Å². The summed E-state index contributed by atoms with van der Waals surface area (Å²) in [6, 6.07) is 2.31. The summed E-state index contributed by atoms with van der Waals surface area (Å²) in [7, 11) is -3.56. The van der Waals surface area contributed by atoms with Crippen molar-refractivity contribution in [3.05, 3.63) is 56.8 Å². The Balaban J connectivity index is 2.49. The van der Waals surface area contributed by atoms with E-state index in [2.05, 4.69) is 4.18 Å². The van der Waals surface area contributed by atoms with Crippen LogP contribution < -0.4 is 14.3 Å². The number of fused-ring (bicyclic) bond motifs is 2. The number of methoxy groups -OCH3 is 1. The van der Waals surface area contributed by atoms with Crippen molar-refractivity contribution in [3.8, 4) is 23.0 Å². The number of ether oxygens (including phenoxy) is 1. The molecule has 10 heteroatoms. The van der Waals surface area contributed by atoms with Crippen LogP contribution >= 0.6 is 0 Å². The molecular weight excluding hydrogens is 464 g/mol. The SMILES string of the molecule is COc1c(O)cc2oc3cc(OS(=O)(=O)O)c(CC=C(C)C)c(O)c3c(=O)c2c1CC=C(C)C. The fraction of sp³-hybridized carbons (Fsp3) is 0.292. The minimum absolute atomic E-state index is 0.00205. The summed E-state index contributed by atoms with van der Waals surface area (Å²) in [6.45, 7) is 7.37. The Morgan fingerprint density at radius 3 is 2.06 bits per heavy atom. The number of hydrogen-bond donors (Lipinski definition) is 3. The van der Waals surface area contributed by atoms with Crippen molar-refractivity contribution in [2.75, 3.05) is 7.11 Å². The van der Waals surface area contributed by atoms with Gasteiger partial charge in [0.15, 0.2) is 17.2 Å². The van der Waals surface area contributed by atoms with Gasteiger partial charge in [-0.15, -0.1) is 0 Å². The van der Waals surface area contributed by atoms with Gasteiger partial charge in [-0.3, -0.25) is 9.35 Å². The van der Waals surface area contributed by atoms with Crippen molar-refractivity contribution in [1.29, 1.82) is 0 Å². The van der Waals surface area contributed by atoms with Crippen LogP contribution in [0.5, 0.6) is 23.0 Å². The van der Waals surface area contributed by atoms with Gasteiger partial charge < -0.3 is 23.6 Å². The summed E-state index contributed by atoms with van der Waals surface area (Å²) in [4.78, 5) is 13.6. The number of phenolic OH excluding ortho intramolecular Hbond substituents is 2. The molecule has 0 amide bonds. The van der Waals surface area contributed by atoms with Crippen LogP contribution in [0, 0.1) is 0 Å². The lowest BCUT2D eigenvalue weighted by Gasteiger charge is -2.15. The minimum atomic E-state index is -4.93. The zero-order valence-electron chi connectivity index (χ0n) is 19.4. The topological polar surface area (TPSA) is 144 Å². The number of rotatable bonds is 7. The smallest absolute Gasteiger partial charge is 0.446 e. The molecule has 0 bridgehead atoms. The molecule has 182 valence electrons. The molecule has 9 nitrogen and oxygen atoms in total. The maximum absolute atomic E-state index is 13.6. The summed E-state index contributed by atoms with van der Waals surface area (Å²) in [5.41, 5.74) is 1.41. The molecule has 0 aliphatic heterocycles. The lowest BCUT2D eigenvalue weighted by atomic mass is 9.98. The van der Waals surface area contributed by atoms with Crippen LogP contribution in [0.3, 0.4) is 0 Å². The second-order valence-electron chi connectivity index (χ2n) is 8.27. The second kappa shape index (κ2) is 9.40. The molecule has 3 N–H and O–H groups in total. The molecule has 0 aliphatic rings. The highest BCUT2D eigenvalue weighted by molar-refractivity contribution is 7.81. The first-order valence-electron chi connectivity index (χ1n) is 10.3. The van der Waals surface area contributed by atoms with Crippen molar-refractivity contribution in [1.82, 2.24) is 0 Å². The molecule has 0 atom stereocenters. The van der Waals surface area contributed by atoms with Crippen LogP contribution in [0.1, 0.15) is 38.8 Å². The maximum Gasteiger partial charge on any atom is 0.446 e. The predicted octanol–water partition coefficient (Wildman–Crippen LogP) is 4.57. The predicted molar refractivity (Wildman–Crippen MR) is 128 cm³/mol. The average molecular weight is 491 g/mol. The average Bonchev–Trinajstić information content (AvgIpc) is 2.69. The first kappa shape index (κ1) is 25.1. The second-order valence-corrected chi connectivity index (χ2v) is 9.29. The van der Waals surface area contributed by atoms with Crippen molar-refractivity contribution in [2.45, 2.75) is 40.5 Å². The lowest BCUT2D eigenvalue weighted by Crippen LogP contribution is -2.11. The van der Waals surface area contributed by atoms with E-state index in [1.54, 1.807) is 19.9 Å². The number of allylic oxidation sites excluding steroid dienone is 4. The summed E-state index contributed by atoms with van der Waals surface area (Å²) in [5, 5.41) is 21.4. The van der Waals surface area contributed by atoms with Crippen LogP contribution in [-0.4, -0.2) is 30.3 Å². The van der Waals surface area contributed by atoms with E-state index in [0.717, 1.165) is 17.2 Å². The molecule has 3 rings (SSSR count). The van der Waals surface area contributed by atoms with E-state index in [-0.39, 0.29) is 51.8 Å². The standard InChI is InChI=1S/C24H26O9S/c1-12(2)6-8-14-17(33-34(28,29)30)11-19-21(22(14)26)23(27)20-15(9-7-13(3)4)24(31-5)16(25)10-18(20)32-19/h6-7,10-11,25-26H,8-9H2,1-5H3,(H,28,29,30). The third kappa shape index (κ3) is 5.02. The highest BCUT2D eigenvalue weighted by Crippen LogP contribution is 2.41. The Hall–Kier alpha value is -3.50. The highest BCUT2D eigenvalue weighted by Gasteiger charge is 2.25.